The van der Waals surface area contributed by atoms with E-state index in [1.807, 2.05) is 0 Å². The zero-order valence-electron chi connectivity index (χ0n) is 10.3. The molecule has 1 fully saturated rings. The van der Waals surface area contributed by atoms with Gasteiger partial charge < -0.3 is 10.5 Å². The van der Waals surface area contributed by atoms with E-state index in [1.165, 1.54) is 11.8 Å². The maximum absolute atomic E-state index is 10.6. The van der Waals surface area contributed by atoms with Crippen molar-refractivity contribution < 1.29 is 9.66 Å². The molecular formula is C10H15N5O3S. The number of hydrogen-bond donors (Lipinski definition) is 1. The summed E-state index contributed by atoms with van der Waals surface area (Å²) in [5.74, 6) is 0.728. The van der Waals surface area contributed by atoms with Crippen molar-refractivity contribution >= 4 is 23.3 Å². The normalized spacial score (nSPS) is 16.4. The molecule has 0 unspecified atom stereocenters. The molecule has 19 heavy (non-hydrogen) atoms. The van der Waals surface area contributed by atoms with Gasteiger partial charge in [-0.25, -0.2) is 4.98 Å². The molecule has 2 heterocycles. The summed E-state index contributed by atoms with van der Waals surface area (Å²) in [6, 6.07) is 0. The Hall–Kier alpha value is -1.45. The fraction of sp³-hybridized carbons (Fsp3) is 0.600. The Morgan fingerprint density at radius 2 is 2.26 bits per heavy atom. The lowest BCUT2D eigenvalue weighted by Crippen LogP contribution is -2.37. The van der Waals surface area contributed by atoms with Gasteiger partial charge in [-0.1, -0.05) is 11.8 Å². The van der Waals surface area contributed by atoms with Crippen molar-refractivity contribution in [3.63, 3.8) is 0 Å². The zero-order valence-corrected chi connectivity index (χ0v) is 11.1. The maximum Gasteiger partial charge on any atom is 0.329 e. The number of morpholine rings is 1. The van der Waals surface area contributed by atoms with Crippen LogP contribution in [0.3, 0.4) is 0 Å². The third-order valence-corrected chi connectivity index (χ3v) is 3.56. The number of nitrogen functional groups attached to an aromatic ring is 1. The van der Waals surface area contributed by atoms with E-state index in [9.17, 15) is 10.1 Å². The summed E-state index contributed by atoms with van der Waals surface area (Å²) >= 11 is 1.44. The van der Waals surface area contributed by atoms with Gasteiger partial charge in [-0.15, -0.1) is 0 Å². The predicted molar refractivity (Wildman–Crippen MR) is 71.1 cm³/mol. The highest BCUT2D eigenvalue weighted by atomic mass is 32.2. The lowest BCUT2D eigenvalue weighted by molar-refractivity contribution is -0.384. The van der Waals surface area contributed by atoms with Crippen LogP contribution in [0, 0.1) is 10.1 Å². The van der Waals surface area contributed by atoms with Gasteiger partial charge in [0.15, 0.2) is 5.16 Å². The molecular weight excluding hydrogens is 270 g/mol. The Bertz CT molecular complexity index is 453. The van der Waals surface area contributed by atoms with Crippen LogP contribution in [0.5, 0.6) is 0 Å². The second-order valence-electron chi connectivity index (χ2n) is 3.98. The molecule has 1 aromatic rings. The maximum atomic E-state index is 10.6. The Labute approximate surface area is 114 Å². The fourth-order valence-corrected chi connectivity index (χ4v) is 2.49. The van der Waals surface area contributed by atoms with E-state index in [0.29, 0.717) is 5.16 Å². The minimum absolute atomic E-state index is 0.0890. The molecule has 0 amide bonds. The van der Waals surface area contributed by atoms with Crippen LogP contribution in [-0.4, -0.2) is 58.4 Å². The smallest absolute Gasteiger partial charge is 0.329 e. The van der Waals surface area contributed by atoms with Gasteiger partial charge in [-0.2, -0.15) is 4.98 Å². The molecule has 0 saturated carbocycles. The number of rotatable bonds is 5. The fourth-order valence-electron chi connectivity index (χ4n) is 1.67. The van der Waals surface area contributed by atoms with Crippen LogP contribution in [0.4, 0.5) is 11.5 Å². The van der Waals surface area contributed by atoms with E-state index in [4.69, 9.17) is 10.5 Å². The standard InChI is InChI=1S/C10H15N5O3S/c11-9-8(15(16)17)7-12-10(13-9)19-6-3-14-1-4-18-5-2-14/h7H,1-6H2,(H2,11,12,13). The zero-order chi connectivity index (χ0) is 13.7. The average Bonchev–Trinajstić information content (AvgIpc) is 2.39. The average molecular weight is 285 g/mol. The summed E-state index contributed by atoms with van der Waals surface area (Å²) in [6.45, 7) is 4.32. The van der Waals surface area contributed by atoms with Crippen molar-refractivity contribution in [2.75, 3.05) is 44.3 Å². The van der Waals surface area contributed by atoms with Gasteiger partial charge in [0, 0.05) is 25.4 Å². The van der Waals surface area contributed by atoms with Crippen LogP contribution in [0.2, 0.25) is 0 Å². The molecule has 1 aliphatic heterocycles. The van der Waals surface area contributed by atoms with Gasteiger partial charge in [0.1, 0.15) is 6.20 Å². The van der Waals surface area contributed by atoms with E-state index in [-0.39, 0.29) is 11.5 Å². The highest BCUT2D eigenvalue weighted by Gasteiger charge is 2.15. The van der Waals surface area contributed by atoms with Crippen molar-refractivity contribution in [2.24, 2.45) is 0 Å². The summed E-state index contributed by atoms with van der Waals surface area (Å²) in [7, 11) is 0. The molecule has 1 aliphatic rings. The number of nitrogens with two attached hydrogens (primary N) is 1. The minimum atomic E-state index is -0.586. The van der Waals surface area contributed by atoms with Gasteiger partial charge in [-0.3, -0.25) is 15.0 Å². The number of nitro groups is 1. The van der Waals surface area contributed by atoms with Crippen molar-refractivity contribution in [1.29, 1.82) is 0 Å². The Kier molecular flexibility index (Phi) is 4.88. The molecule has 104 valence electrons. The lowest BCUT2D eigenvalue weighted by atomic mass is 10.4. The van der Waals surface area contributed by atoms with Crippen LogP contribution in [-0.2, 0) is 4.74 Å². The lowest BCUT2D eigenvalue weighted by Gasteiger charge is -2.26. The topological polar surface area (TPSA) is 107 Å². The van der Waals surface area contributed by atoms with Crippen LogP contribution in [0.25, 0.3) is 0 Å². The first-order valence-corrected chi connectivity index (χ1v) is 6.85. The molecule has 0 bridgehead atoms. The van der Waals surface area contributed by atoms with Gasteiger partial charge in [-0.05, 0) is 0 Å². The summed E-state index contributed by atoms with van der Waals surface area (Å²) in [6.07, 6.45) is 1.15. The van der Waals surface area contributed by atoms with Crippen molar-refractivity contribution in [1.82, 2.24) is 14.9 Å². The molecule has 8 nitrogen and oxygen atoms in total. The van der Waals surface area contributed by atoms with E-state index >= 15 is 0 Å². The monoisotopic (exact) mass is 285 g/mol. The molecule has 0 spiro atoms. The second-order valence-corrected chi connectivity index (χ2v) is 5.04. The number of nitrogens with zero attached hydrogens (tertiary/aromatic N) is 4. The molecule has 2 N–H and O–H groups in total. The van der Waals surface area contributed by atoms with Crippen molar-refractivity contribution in [3.8, 4) is 0 Å². The van der Waals surface area contributed by atoms with Gasteiger partial charge in [0.2, 0.25) is 5.82 Å². The minimum Gasteiger partial charge on any atom is -0.379 e. The molecule has 1 aromatic heterocycles. The molecule has 0 atom stereocenters. The summed E-state index contributed by atoms with van der Waals surface area (Å²) in [4.78, 5) is 20.1. The SMILES string of the molecule is Nc1nc(SCCN2CCOCC2)ncc1[N+](=O)[O-]. The molecule has 2 rings (SSSR count). The summed E-state index contributed by atoms with van der Waals surface area (Å²) in [5, 5.41) is 11.0. The highest BCUT2D eigenvalue weighted by molar-refractivity contribution is 7.99. The number of anilines is 1. The molecule has 1 saturated heterocycles. The van der Waals surface area contributed by atoms with Gasteiger partial charge >= 0.3 is 5.69 Å². The number of thioether (sulfide) groups is 1. The molecule has 0 aliphatic carbocycles. The third-order valence-electron chi connectivity index (χ3n) is 2.71. The summed E-state index contributed by atoms with van der Waals surface area (Å²) in [5.41, 5.74) is 5.25. The first kappa shape index (κ1) is 14.0. The number of hydrogen-bond acceptors (Lipinski definition) is 8. The number of ether oxygens (including phenoxy) is 1. The highest BCUT2D eigenvalue weighted by Crippen LogP contribution is 2.21. The van der Waals surface area contributed by atoms with Gasteiger partial charge in [0.25, 0.3) is 0 Å². The van der Waals surface area contributed by atoms with Crippen LogP contribution in [0.1, 0.15) is 0 Å². The van der Waals surface area contributed by atoms with Crippen LogP contribution < -0.4 is 5.73 Å². The third kappa shape index (κ3) is 4.01. The molecule has 0 aromatic carbocycles. The van der Waals surface area contributed by atoms with E-state index in [2.05, 4.69) is 14.9 Å². The van der Waals surface area contributed by atoms with Crippen molar-refractivity contribution in [2.45, 2.75) is 5.16 Å². The largest absolute Gasteiger partial charge is 0.379 e. The second kappa shape index (κ2) is 6.64. The number of aromatic nitrogens is 2. The van der Waals surface area contributed by atoms with Gasteiger partial charge in [0.05, 0.1) is 18.1 Å². The van der Waals surface area contributed by atoms with Crippen molar-refractivity contribution in [3.05, 3.63) is 16.3 Å². The van der Waals surface area contributed by atoms with E-state index in [0.717, 1.165) is 44.8 Å². The predicted octanol–water partition coefficient (Wildman–Crippen LogP) is 0.391. The first-order valence-electron chi connectivity index (χ1n) is 5.86. The van der Waals surface area contributed by atoms with Crippen LogP contribution in [0.15, 0.2) is 11.4 Å². The van der Waals surface area contributed by atoms with E-state index in [1.54, 1.807) is 0 Å². The Morgan fingerprint density at radius 1 is 1.53 bits per heavy atom. The van der Waals surface area contributed by atoms with E-state index < -0.39 is 4.92 Å². The quantitative estimate of drug-likeness (QED) is 0.358. The molecule has 9 heteroatoms. The van der Waals surface area contributed by atoms with Crippen LogP contribution >= 0.6 is 11.8 Å². The summed E-state index contributed by atoms with van der Waals surface area (Å²) < 4.78 is 5.26. The Balaban J connectivity index is 1.82. The first-order chi connectivity index (χ1) is 9.16. The Morgan fingerprint density at radius 3 is 2.89 bits per heavy atom. The molecule has 0 radical (unpaired) electrons.